The second-order valence-corrected chi connectivity index (χ2v) is 5.38. The molecule has 1 unspecified atom stereocenters. The summed E-state index contributed by atoms with van der Waals surface area (Å²) >= 11 is 0. The van der Waals surface area contributed by atoms with Crippen molar-refractivity contribution in [3.05, 3.63) is 29.6 Å². The Morgan fingerprint density at radius 2 is 2.30 bits per heavy atom. The Bertz CT molecular complexity index is 425. The van der Waals surface area contributed by atoms with Gasteiger partial charge >= 0.3 is 0 Å². The minimum absolute atomic E-state index is 0.128. The highest BCUT2D eigenvalue weighted by molar-refractivity contribution is 5.56. The van der Waals surface area contributed by atoms with E-state index in [0.29, 0.717) is 12.6 Å². The summed E-state index contributed by atoms with van der Waals surface area (Å²) in [4.78, 5) is 2.21. The summed E-state index contributed by atoms with van der Waals surface area (Å²) in [5, 5.41) is 12.3. The van der Waals surface area contributed by atoms with Gasteiger partial charge in [-0.25, -0.2) is 4.39 Å². The Kier molecular flexibility index (Phi) is 5.80. The molecule has 1 aliphatic heterocycles. The van der Waals surface area contributed by atoms with Gasteiger partial charge in [0.05, 0.1) is 5.69 Å². The zero-order chi connectivity index (χ0) is 14.4. The third-order valence-corrected chi connectivity index (χ3v) is 4.00. The molecule has 1 heterocycles. The summed E-state index contributed by atoms with van der Waals surface area (Å²) in [7, 11) is 0. The van der Waals surface area contributed by atoms with Crippen molar-refractivity contribution in [1.82, 2.24) is 5.32 Å². The molecule has 3 nitrogen and oxygen atoms in total. The van der Waals surface area contributed by atoms with Crippen molar-refractivity contribution in [3.63, 3.8) is 0 Å². The van der Waals surface area contributed by atoms with E-state index >= 15 is 0 Å². The molecule has 1 aromatic rings. The zero-order valence-electron chi connectivity index (χ0n) is 12.2. The minimum Gasteiger partial charge on any atom is -0.396 e. The Balaban J connectivity index is 2.20. The maximum atomic E-state index is 14.3. The van der Waals surface area contributed by atoms with E-state index in [1.54, 1.807) is 12.1 Å². The van der Waals surface area contributed by atoms with Crippen LogP contribution in [-0.2, 0) is 6.54 Å². The monoisotopic (exact) mass is 280 g/mol. The molecule has 1 fully saturated rings. The molecule has 0 amide bonds. The fraction of sp³-hybridized carbons (Fsp3) is 0.625. The lowest BCUT2D eigenvalue weighted by Crippen LogP contribution is -2.31. The summed E-state index contributed by atoms with van der Waals surface area (Å²) in [6, 6.07) is 5.69. The topological polar surface area (TPSA) is 35.5 Å². The number of rotatable bonds is 7. The van der Waals surface area contributed by atoms with Gasteiger partial charge in [0.2, 0.25) is 0 Å². The number of anilines is 1. The maximum absolute atomic E-state index is 14.3. The summed E-state index contributed by atoms with van der Waals surface area (Å²) in [6.45, 7) is 4.76. The molecule has 2 N–H and O–H groups in total. The SMILES string of the molecule is CCNCc1cccc(F)c1N1CCCC1CCCO. The van der Waals surface area contributed by atoms with E-state index < -0.39 is 0 Å². The number of nitrogens with one attached hydrogen (secondary N) is 1. The highest BCUT2D eigenvalue weighted by Gasteiger charge is 2.27. The molecule has 1 saturated heterocycles. The average Bonchev–Trinajstić information content (AvgIpc) is 2.90. The van der Waals surface area contributed by atoms with Crippen molar-refractivity contribution in [2.24, 2.45) is 0 Å². The third-order valence-electron chi connectivity index (χ3n) is 4.00. The van der Waals surface area contributed by atoms with Crippen LogP contribution >= 0.6 is 0 Å². The van der Waals surface area contributed by atoms with E-state index in [9.17, 15) is 4.39 Å². The van der Waals surface area contributed by atoms with Crippen molar-refractivity contribution in [3.8, 4) is 0 Å². The molecule has 0 aromatic heterocycles. The van der Waals surface area contributed by atoms with E-state index in [4.69, 9.17) is 5.11 Å². The summed E-state index contributed by atoms with van der Waals surface area (Å²) in [5.74, 6) is -0.128. The molecule has 1 atom stereocenters. The first-order valence-electron chi connectivity index (χ1n) is 7.63. The Morgan fingerprint density at radius 1 is 1.45 bits per heavy atom. The van der Waals surface area contributed by atoms with Crippen LogP contribution in [0.3, 0.4) is 0 Å². The second kappa shape index (κ2) is 7.60. The molecular weight excluding hydrogens is 255 g/mol. The Morgan fingerprint density at radius 3 is 3.05 bits per heavy atom. The van der Waals surface area contributed by atoms with Crippen molar-refractivity contribution in [2.45, 2.75) is 45.2 Å². The van der Waals surface area contributed by atoms with Crippen LogP contribution in [0, 0.1) is 5.82 Å². The van der Waals surface area contributed by atoms with Gasteiger partial charge in [0.15, 0.2) is 0 Å². The first-order valence-corrected chi connectivity index (χ1v) is 7.63. The molecular formula is C16H25FN2O. The largest absolute Gasteiger partial charge is 0.396 e. The van der Waals surface area contributed by atoms with Crippen molar-refractivity contribution < 1.29 is 9.50 Å². The van der Waals surface area contributed by atoms with Gasteiger partial charge in [0.25, 0.3) is 0 Å². The standard InChI is InChI=1S/C16H25FN2O/c1-2-18-12-13-6-3-9-15(17)16(13)19-10-4-7-14(19)8-5-11-20/h3,6,9,14,18,20H,2,4-5,7-8,10-12H2,1H3. The van der Waals surface area contributed by atoms with Crippen LogP contribution in [0.2, 0.25) is 0 Å². The maximum Gasteiger partial charge on any atom is 0.146 e. The predicted octanol–water partition coefficient (Wildman–Crippen LogP) is 2.68. The van der Waals surface area contributed by atoms with Gasteiger partial charge in [-0.3, -0.25) is 0 Å². The normalized spacial score (nSPS) is 18.8. The highest BCUT2D eigenvalue weighted by Crippen LogP contribution is 2.33. The fourth-order valence-electron chi connectivity index (χ4n) is 3.04. The van der Waals surface area contributed by atoms with Crippen molar-refractivity contribution in [1.29, 1.82) is 0 Å². The van der Waals surface area contributed by atoms with Crippen LogP contribution in [0.15, 0.2) is 18.2 Å². The van der Waals surface area contributed by atoms with Crippen LogP contribution < -0.4 is 10.2 Å². The van der Waals surface area contributed by atoms with E-state index in [1.165, 1.54) is 0 Å². The molecule has 4 heteroatoms. The lowest BCUT2D eigenvalue weighted by Gasteiger charge is -2.29. The van der Waals surface area contributed by atoms with Crippen LogP contribution in [-0.4, -0.2) is 30.8 Å². The Hall–Kier alpha value is -1.13. The molecule has 0 saturated carbocycles. The first-order chi connectivity index (χ1) is 9.77. The molecule has 0 radical (unpaired) electrons. The van der Waals surface area contributed by atoms with E-state index in [1.807, 2.05) is 6.07 Å². The van der Waals surface area contributed by atoms with Gasteiger partial charge < -0.3 is 15.3 Å². The van der Waals surface area contributed by atoms with Crippen LogP contribution in [0.5, 0.6) is 0 Å². The molecule has 2 rings (SSSR count). The lowest BCUT2D eigenvalue weighted by atomic mass is 10.1. The minimum atomic E-state index is -0.128. The fourth-order valence-corrected chi connectivity index (χ4v) is 3.04. The van der Waals surface area contributed by atoms with Crippen LogP contribution in [0.25, 0.3) is 0 Å². The lowest BCUT2D eigenvalue weighted by molar-refractivity contribution is 0.279. The van der Waals surface area contributed by atoms with Gasteiger partial charge in [-0.1, -0.05) is 19.1 Å². The highest BCUT2D eigenvalue weighted by atomic mass is 19.1. The average molecular weight is 280 g/mol. The molecule has 20 heavy (non-hydrogen) atoms. The van der Waals surface area contributed by atoms with Crippen molar-refractivity contribution >= 4 is 5.69 Å². The van der Waals surface area contributed by atoms with E-state index in [0.717, 1.165) is 50.0 Å². The smallest absolute Gasteiger partial charge is 0.146 e. The number of aliphatic hydroxyl groups excluding tert-OH is 1. The number of para-hydroxylation sites is 1. The number of benzene rings is 1. The molecule has 0 bridgehead atoms. The molecule has 0 spiro atoms. The first kappa shape index (κ1) is 15.3. The van der Waals surface area contributed by atoms with Gasteiger partial charge in [0, 0.05) is 25.7 Å². The molecule has 0 aliphatic carbocycles. The number of hydrogen-bond acceptors (Lipinski definition) is 3. The number of nitrogens with zero attached hydrogens (tertiary/aromatic N) is 1. The van der Waals surface area contributed by atoms with Gasteiger partial charge in [-0.05, 0) is 43.9 Å². The summed E-state index contributed by atoms with van der Waals surface area (Å²) < 4.78 is 14.3. The number of halogens is 1. The van der Waals surface area contributed by atoms with Gasteiger partial charge in [-0.15, -0.1) is 0 Å². The second-order valence-electron chi connectivity index (χ2n) is 5.38. The van der Waals surface area contributed by atoms with E-state index in [2.05, 4.69) is 17.1 Å². The molecule has 112 valence electrons. The third kappa shape index (κ3) is 3.49. The number of aliphatic hydroxyl groups is 1. The molecule has 1 aromatic carbocycles. The Labute approximate surface area is 120 Å². The predicted molar refractivity (Wildman–Crippen MR) is 80.5 cm³/mol. The van der Waals surface area contributed by atoms with Crippen LogP contribution in [0.1, 0.15) is 38.2 Å². The summed E-state index contributed by atoms with van der Waals surface area (Å²) in [6.07, 6.45) is 3.92. The van der Waals surface area contributed by atoms with Gasteiger partial charge in [0.1, 0.15) is 5.82 Å². The quantitative estimate of drug-likeness (QED) is 0.806. The zero-order valence-corrected chi connectivity index (χ0v) is 12.2. The van der Waals surface area contributed by atoms with Crippen molar-refractivity contribution in [2.75, 3.05) is 24.6 Å². The van der Waals surface area contributed by atoms with E-state index in [-0.39, 0.29) is 12.4 Å². The van der Waals surface area contributed by atoms with Gasteiger partial charge in [-0.2, -0.15) is 0 Å². The summed E-state index contributed by atoms with van der Waals surface area (Å²) in [5.41, 5.74) is 1.79. The number of hydrogen-bond donors (Lipinski definition) is 2. The van der Waals surface area contributed by atoms with Crippen LogP contribution in [0.4, 0.5) is 10.1 Å². The molecule has 1 aliphatic rings.